The molecule has 0 spiro atoms. The fraction of sp³-hybridized carbons (Fsp3) is 0.857. The van der Waals surface area contributed by atoms with Crippen LogP contribution in [0.2, 0.25) is 0 Å². The van der Waals surface area contributed by atoms with Crippen molar-refractivity contribution >= 4 is 5.78 Å². The molecule has 0 saturated heterocycles. The van der Waals surface area contributed by atoms with Gasteiger partial charge >= 0.3 is 0 Å². The third kappa shape index (κ3) is 2.13. The fourth-order valence-corrected chi connectivity index (χ4v) is 7.31. The second-order valence-electron chi connectivity index (χ2n) is 9.44. The molecule has 0 aromatic carbocycles. The number of aliphatic hydroxyl groups is 1. The van der Waals surface area contributed by atoms with Crippen LogP contribution in [0.1, 0.15) is 72.1 Å². The van der Waals surface area contributed by atoms with E-state index in [1.54, 1.807) is 5.57 Å². The molecule has 0 aromatic heterocycles. The maximum atomic E-state index is 12.2. The van der Waals surface area contributed by atoms with Crippen molar-refractivity contribution in [2.45, 2.75) is 78.2 Å². The molecule has 2 heteroatoms. The zero-order valence-electron chi connectivity index (χ0n) is 15.0. The first-order valence-electron chi connectivity index (χ1n) is 9.74. The van der Waals surface area contributed by atoms with Gasteiger partial charge in [0.25, 0.3) is 0 Å². The number of fused-ring (bicyclic) bond motifs is 5. The lowest BCUT2D eigenvalue weighted by Gasteiger charge is -2.57. The van der Waals surface area contributed by atoms with Gasteiger partial charge in [-0.25, -0.2) is 0 Å². The predicted molar refractivity (Wildman–Crippen MR) is 91.9 cm³/mol. The van der Waals surface area contributed by atoms with Crippen LogP contribution < -0.4 is 0 Å². The van der Waals surface area contributed by atoms with Crippen LogP contribution in [0, 0.1) is 34.5 Å². The van der Waals surface area contributed by atoms with E-state index in [2.05, 4.69) is 19.9 Å². The summed E-state index contributed by atoms with van der Waals surface area (Å²) in [5, 5.41) is 10.1. The molecular weight excluding hydrogens is 286 g/mol. The quantitative estimate of drug-likeness (QED) is 0.570. The van der Waals surface area contributed by atoms with Gasteiger partial charge in [0.05, 0.1) is 6.10 Å². The van der Waals surface area contributed by atoms with Gasteiger partial charge in [-0.2, -0.15) is 0 Å². The third-order valence-corrected chi connectivity index (χ3v) is 8.57. The first-order chi connectivity index (χ1) is 10.9. The molecule has 128 valence electrons. The van der Waals surface area contributed by atoms with Gasteiger partial charge in [-0.3, -0.25) is 4.79 Å². The normalized spacial score (nSPS) is 52.2. The Morgan fingerprint density at radius 3 is 2.65 bits per heavy atom. The average Bonchev–Trinajstić information content (AvgIpc) is 2.85. The van der Waals surface area contributed by atoms with Crippen LogP contribution in [-0.2, 0) is 4.79 Å². The summed E-state index contributed by atoms with van der Waals surface area (Å²) >= 11 is 0. The molecule has 3 saturated carbocycles. The maximum Gasteiger partial charge on any atom is 0.133 e. The largest absolute Gasteiger partial charge is 0.393 e. The molecule has 0 amide bonds. The lowest BCUT2D eigenvalue weighted by molar-refractivity contribution is -0.127. The van der Waals surface area contributed by atoms with Gasteiger partial charge < -0.3 is 5.11 Å². The van der Waals surface area contributed by atoms with Crippen LogP contribution in [0.15, 0.2) is 11.6 Å². The van der Waals surface area contributed by atoms with Crippen LogP contribution in [0.5, 0.6) is 0 Å². The number of hydrogen-bond donors (Lipinski definition) is 1. The highest BCUT2D eigenvalue weighted by atomic mass is 16.3. The Labute approximate surface area is 140 Å². The van der Waals surface area contributed by atoms with Crippen molar-refractivity contribution < 1.29 is 9.90 Å². The third-order valence-electron chi connectivity index (χ3n) is 8.57. The van der Waals surface area contributed by atoms with Crippen LogP contribution in [-0.4, -0.2) is 17.0 Å². The number of Topliss-reactive ketones (excluding diaryl/α,β-unsaturated/α-hetero) is 1. The summed E-state index contributed by atoms with van der Waals surface area (Å²) in [6.45, 7) is 6.70. The van der Waals surface area contributed by atoms with E-state index in [9.17, 15) is 9.90 Å². The minimum atomic E-state index is -0.117. The first-order valence-corrected chi connectivity index (χ1v) is 9.74. The topological polar surface area (TPSA) is 37.3 Å². The van der Waals surface area contributed by atoms with Gasteiger partial charge in [0.1, 0.15) is 5.78 Å². The summed E-state index contributed by atoms with van der Waals surface area (Å²) in [4.78, 5) is 12.2. The van der Waals surface area contributed by atoms with Crippen LogP contribution in [0.4, 0.5) is 0 Å². The Morgan fingerprint density at radius 1 is 1.13 bits per heavy atom. The minimum Gasteiger partial charge on any atom is -0.393 e. The van der Waals surface area contributed by atoms with Crippen molar-refractivity contribution in [3.8, 4) is 0 Å². The van der Waals surface area contributed by atoms with Crippen molar-refractivity contribution in [3.05, 3.63) is 11.6 Å². The first kappa shape index (κ1) is 15.9. The van der Waals surface area contributed by atoms with Crippen molar-refractivity contribution in [2.24, 2.45) is 34.5 Å². The SMILES string of the molecule is C[C@]12CC[C@H]3[C@@H](CC=C4C[C@@H](O)CC[C@@]43C)[C@@H]1CC[C@@H]2[13C]([13CH3])=O. The fourth-order valence-electron chi connectivity index (χ4n) is 7.31. The molecule has 0 radical (unpaired) electrons. The molecule has 0 unspecified atom stereocenters. The van der Waals surface area contributed by atoms with E-state index in [1.807, 2.05) is 6.92 Å². The molecule has 4 rings (SSSR count). The molecule has 1 N–H and O–H groups in total. The predicted octanol–water partition coefficient (Wildman–Crippen LogP) is 4.52. The molecule has 2 nitrogen and oxygen atoms in total. The van der Waals surface area contributed by atoms with Gasteiger partial charge in [0.15, 0.2) is 0 Å². The monoisotopic (exact) mass is 318 g/mol. The Kier molecular flexibility index (Phi) is 3.58. The molecule has 0 aliphatic heterocycles. The summed E-state index contributed by atoms with van der Waals surface area (Å²) in [5.41, 5.74) is 2.11. The molecule has 3 fully saturated rings. The van der Waals surface area contributed by atoms with E-state index in [-0.39, 0.29) is 11.5 Å². The van der Waals surface area contributed by atoms with Gasteiger partial charge in [0.2, 0.25) is 0 Å². The number of ketones is 1. The van der Waals surface area contributed by atoms with Gasteiger partial charge in [-0.05, 0) is 86.9 Å². The molecule has 0 aromatic rings. The Hall–Kier alpha value is -0.630. The van der Waals surface area contributed by atoms with Crippen LogP contribution in [0.3, 0.4) is 0 Å². The van der Waals surface area contributed by atoms with Crippen molar-refractivity contribution in [2.75, 3.05) is 0 Å². The van der Waals surface area contributed by atoms with Gasteiger partial charge in [-0.15, -0.1) is 0 Å². The number of carbonyl (C=O) groups is 1. The highest BCUT2D eigenvalue weighted by Gasteiger charge is 2.59. The lowest BCUT2D eigenvalue weighted by Crippen LogP contribution is -2.50. The number of carbonyl (C=O) groups excluding carboxylic acids is 1. The zero-order valence-corrected chi connectivity index (χ0v) is 15.0. The van der Waals surface area contributed by atoms with Crippen molar-refractivity contribution in [1.29, 1.82) is 0 Å². The summed E-state index contributed by atoms with van der Waals surface area (Å²) in [7, 11) is 0. The highest BCUT2D eigenvalue weighted by Crippen LogP contribution is 2.66. The Bertz CT molecular complexity index is 550. The maximum absolute atomic E-state index is 12.2. The number of hydrogen-bond acceptors (Lipinski definition) is 2. The molecule has 23 heavy (non-hydrogen) atoms. The Balaban J connectivity index is 1.66. The number of rotatable bonds is 1. The van der Waals surface area contributed by atoms with E-state index in [0.717, 1.165) is 43.4 Å². The second-order valence-corrected chi connectivity index (χ2v) is 9.44. The van der Waals surface area contributed by atoms with Crippen molar-refractivity contribution in [3.63, 3.8) is 0 Å². The summed E-state index contributed by atoms with van der Waals surface area (Å²) in [5.74, 6) is 3.00. The number of aliphatic hydroxyl groups excluding tert-OH is 1. The molecule has 7 atom stereocenters. The van der Waals surface area contributed by atoms with Gasteiger partial charge in [-0.1, -0.05) is 25.5 Å². The Morgan fingerprint density at radius 2 is 1.91 bits per heavy atom. The number of allylic oxidation sites excluding steroid dienone is 1. The standard InChI is InChI=1S/C21H32O2/c1-13(22)17-6-7-18-16-5-4-14-12-15(23)8-10-20(14,2)19(16)9-11-21(17,18)3/h4,15-19,23H,5-12H2,1-3H3/t15-,16-,17+,18-,19-,20-,21+/m0/s1/i1+1,13+1. The molecule has 4 aliphatic rings. The average molecular weight is 318 g/mol. The summed E-state index contributed by atoms with van der Waals surface area (Å²) < 4.78 is 0. The molecular formula is C21H32O2. The van der Waals surface area contributed by atoms with Crippen LogP contribution >= 0.6 is 0 Å². The van der Waals surface area contributed by atoms with Crippen molar-refractivity contribution in [1.82, 2.24) is 0 Å². The second kappa shape index (κ2) is 5.18. The van der Waals surface area contributed by atoms with E-state index < -0.39 is 0 Å². The molecule has 4 aliphatic carbocycles. The van der Waals surface area contributed by atoms with E-state index in [1.165, 1.54) is 25.7 Å². The molecule has 0 heterocycles. The lowest BCUT2D eigenvalue weighted by atomic mass is 9.47. The molecule has 0 bridgehead atoms. The summed E-state index contributed by atoms with van der Waals surface area (Å²) in [6, 6.07) is 0. The minimum absolute atomic E-state index is 0.117. The van der Waals surface area contributed by atoms with E-state index >= 15 is 0 Å². The summed E-state index contributed by atoms with van der Waals surface area (Å²) in [6.07, 6.45) is 11.5. The van der Waals surface area contributed by atoms with Crippen LogP contribution in [0.25, 0.3) is 0 Å². The van der Waals surface area contributed by atoms with E-state index in [0.29, 0.717) is 17.1 Å². The van der Waals surface area contributed by atoms with E-state index in [4.69, 9.17) is 0 Å². The van der Waals surface area contributed by atoms with Gasteiger partial charge in [0, 0.05) is 5.92 Å². The highest BCUT2D eigenvalue weighted by molar-refractivity contribution is 5.79. The zero-order chi connectivity index (χ0) is 16.4. The smallest absolute Gasteiger partial charge is 0.133 e.